The third kappa shape index (κ3) is 2.90. The zero-order chi connectivity index (χ0) is 18.2. The van der Waals surface area contributed by atoms with Gasteiger partial charge in [0.05, 0.1) is 0 Å². The summed E-state index contributed by atoms with van der Waals surface area (Å²) in [6.07, 6.45) is 0. The summed E-state index contributed by atoms with van der Waals surface area (Å²) in [5, 5.41) is 0. The summed E-state index contributed by atoms with van der Waals surface area (Å²) < 4.78 is 45.7. The first-order chi connectivity index (χ1) is 11.1. The molecule has 2 N–H and O–H groups in total. The molecule has 0 spiro atoms. The average molecular weight is 343 g/mol. The number of nitrogens with two attached hydrogens (primary N) is 1. The second-order valence-electron chi connectivity index (χ2n) is 4.87. The van der Waals surface area contributed by atoms with Gasteiger partial charge >= 0.3 is 5.69 Å². The zero-order valence-corrected chi connectivity index (χ0v) is 12.6. The summed E-state index contributed by atoms with van der Waals surface area (Å²) in [5.74, 6) is -6.04. The summed E-state index contributed by atoms with van der Waals surface area (Å²) in [6.45, 7) is -0.861. The van der Waals surface area contributed by atoms with Gasteiger partial charge < -0.3 is 10.5 Å². The summed E-state index contributed by atoms with van der Waals surface area (Å²) in [7, 11) is 2.40. The number of anilines is 1. The second kappa shape index (κ2) is 6.22. The molecule has 0 saturated heterocycles. The molecule has 7 nitrogen and oxygen atoms in total. The van der Waals surface area contributed by atoms with Gasteiger partial charge in [-0.05, 0) is 0 Å². The van der Waals surface area contributed by atoms with E-state index in [2.05, 4.69) is 0 Å². The summed E-state index contributed by atoms with van der Waals surface area (Å²) in [5.41, 5.74) is 3.38. The standard InChI is InChI=1S/C14H12F3N3O4/c1-19-12(18)11(13(22)20(2)14(19)23)9(21)5-24-10-4-7(16)6(15)3-8(10)17/h3-4H,5,18H2,1-2H3. The molecule has 1 aromatic carbocycles. The van der Waals surface area contributed by atoms with Gasteiger partial charge in [-0.1, -0.05) is 0 Å². The minimum absolute atomic E-state index is 0.259. The maximum Gasteiger partial charge on any atom is 0.332 e. The molecule has 0 aliphatic carbocycles. The van der Waals surface area contributed by atoms with Gasteiger partial charge in [-0.15, -0.1) is 0 Å². The first kappa shape index (κ1) is 17.3. The smallest absolute Gasteiger partial charge is 0.332 e. The molecule has 0 atom stereocenters. The quantitative estimate of drug-likeness (QED) is 0.638. The highest BCUT2D eigenvalue weighted by atomic mass is 19.2. The van der Waals surface area contributed by atoms with E-state index in [4.69, 9.17) is 10.5 Å². The number of halogens is 3. The molecule has 24 heavy (non-hydrogen) atoms. The van der Waals surface area contributed by atoms with Gasteiger partial charge in [0.25, 0.3) is 5.56 Å². The van der Waals surface area contributed by atoms with E-state index >= 15 is 0 Å². The van der Waals surface area contributed by atoms with Gasteiger partial charge in [0.2, 0.25) is 5.78 Å². The number of rotatable bonds is 4. The van der Waals surface area contributed by atoms with Crippen LogP contribution < -0.4 is 21.7 Å². The third-order valence-electron chi connectivity index (χ3n) is 3.32. The average Bonchev–Trinajstić information content (AvgIpc) is 2.53. The van der Waals surface area contributed by atoms with Crippen LogP contribution in [0.3, 0.4) is 0 Å². The van der Waals surface area contributed by atoms with E-state index in [-0.39, 0.29) is 11.9 Å². The van der Waals surface area contributed by atoms with Crippen molar-refractivity contribution in [3.63, 3.8) is 0 Å². The van der Waals surface area contributed by atoms with Crippen LogP contribution in [0.4, 0.5) is 19.0 Å². The molecule has 0 aliphatic rings. The molecule has 0 saturated carbocycles. The Hall–Kier alpha value is -3.04. The number of hydrogen-bond donors (Lipinski definition) is 1. The van der Waals surface area contributed by atoms with E-state index in [1.807, 2.05) is 0 Å². The monoisotopic (exact) mass is 343 g/mol. The highest BCUT2D eigenvalue weighted by Gasteiger charge is 2.21. The lowest BCUT2D eigenvalue weighted by Gasteiger charge is -2.11. The lowest BCUT2D eigenvalue weighted by atomic mass is 10.2. The van der Waals surface area contributed by atoms with E-state index in [0.29, 0.717) is 10.6 Å². The maximum absolute atomic E-state index is 13.4. The Balaban J connectivity index is 2.34. The van der Waals surface area contributed by atoms with Crippen LogP contribution >= 0.6 is 0 Å². The van der Waals surface area contributed by atoms with Crippen LogP contribution in [0.25, 0.3) is 0 Å². The van der Waals surface area contributed by atoms with Crippen LogP contribution in [0.2, 0.25) is 0 Å². The van der Waals surface area contributed by atoms with Crippen molar-refractivity contribution in [1.82, 2.24) is 9.13 Å². The van der Waals surface area contributed by atoms with Crippen LogP contribution in [0.5, 0.6) is 5.75 Å². The summed E-state index contributed by atoms with van der Waals surface area (Å²) >= 11 is 0. The normalized spacial score (nSPS) is 10.7. The first-order valence-electron chi connectivity index (χ1n) is 6.51. The Labute approximate surface area is 132 Å². The van der Waals surface area contributed by atoms with E-state index in [1.54, 1.807) is 0 Å². The van der Waals surface area contributed by atoms with Crippen LogP contribution in [0.1, 0.15) is 10.4 Å². The SMILES string of the molecule is Cn1c(N)c(C(=O)COc2cc(F)c(F)cc2F)c(=O)n(C)c1=O. The van der Waals surface area contributed by atoms with Crippen LogP contribution in [-0.2, 0) is 14.1 Å². The van der Waals surface area contributed by atoms with E-state index in [0.717, 1.165) is 11.6 Å². The summed E-state index contributed by atoms with van der Waals surface area (Å²) in [4.78, 5) is 35.8. The molecule has 0 bridgehead atoms. The number of ketones is 1. The van der Waals surface area contributed by atoms with Gasteiger partial charge in [0.15, 0.2) is 29.8 Å². The Bertz CT molecular complexity index is 950. The molecule has 0 fully saturated rings. The number of nitrogen functional groups attached to an aromatic ring is 1. The number of aromatic nitrogens is 2. The van der Waals surface area contributed by atoms with E-state index in [1.165, 1.54) is 7.05 Å². The number of hydrogen-bond acceptors (Lipinski definition) is 5. The zero-order valence-electron chi connectivity index (χ0n) is 12.6. The fraction of sp³-hybridized carbons (Fsp3) is 0.214. The van der Waals surface area contributed by atoms with Crippen LogP contribution in [0.15, 0.2) is 21.7 Å². The molecular weight excluding hydrogens is 331 g/mol. The minimum atomic E-state index is -1.41. The van der Waals surface area contributed by atoms with Crippen molar-refractivity contribution in [3.05, 3.63) is 56.0 Å². The number of carbonyl (C=O) groups is 1. The molecule has 1 heterocycles. The van der Waals surface area contributed by atoms with Crippen LogP contribution in [0, 0.1) is 17.5 Å². The van der Waals surface area contributed by atoms with Gasteiger partial charge in [-0.2, -0.15) is 0 Å². The number of carbonyl (C=O) groups excluding carboxylic acids is 1. The Kier molecular flexibility index (Phi) is 4.49. The Morgan fingerprint density at radius 3 is 2.29 bits per heavy atom. The van der Waals surface area contributed by atoms with Gasteiger partial charge in [-0.3, -0.25) is 18.7 Å². The van der Waals surface area contributed by atoms with Crippen molar-refractivity contribution < 1.29 is 22.7 Å². The molecule has 0 unspecified atom stereocenters. The molecule has 0 radical (unpaired) electrons. The Morgan fingerprint density at radius 2 is 1.67 bits per heavy atom. The third-order valence-corrected chi connectivity index (χ3v) is 3.32. The fourth-order valence-electron chi connectivity index (χ4n) is 1.95. The molecular formula is C14H12F3N3O4. The number of benzene rings is 1. The topological polar surface area (TPSA) is 96.3 Å². The Morgan fingerprint density at radius 1 is 1.08 bits per heavy atom. The predicted octanol–water partition coefficient (Wildman–Crippen LogP) is 0.345. The fourth-order valence-corrected chi connectivity index (χ4v) is 1.95. The van der Waals surface area contributed by atoms with Crippen molar-refractivity contribution >= 4 is 11.6 Å². The molecule has 2 rings (SSSR count). The van der Waals surface area contributed by atoms with Crippen molar-refractivity contribution in [3.8, 4) is 5.75 Å². The second-order valence-corrected chi connectivity index (χ2v) is 4.87. The molecule has 128 valence electrons. The number of ether oxygens (including phenoxy) is 1. The maximum atomic E-state index is 13.4. The molecule has 10 heteroatoms. The molecule has 2 aromatic rings. The highest BCUT2D eigenvalue weighted by Crippen LogP contribution is 2.21. The minimum Gasteiger partial charge on any atom is -0.482 e. The molecule has 1 aromatic heterocycles. The van der Waals surface area contributed by atoms with Crippen molar-refractivity contribution in [2.75, 3.05) is 12.3 Å². The lowest BCUT2D eigenvalue weighted by Crippen LogP contribution is -2.42. The van der Waals surface area contributed by atoms with Gasteiger partial charge in [-0.25, -0.2) is 18.0 Å². The van der Waals surface area contributed by atoms with Crippen molar-refractivity contribution in [2.24, 2.45) is 14.1 Å². The largest absolute Gasteiger partial charge is 0.482 e. The summed E-state index contributed by atoms with van der Waals surface area (Å²) in [6, 6.07) is 0.689. The van der Waals surface area contributed by atoms with Crippen molar-refractivity contribution in [2.45, 2.75) is 0 Å². The molecule has 0 amide bonds. The van der Waals surface area contributed by atoms with Crippen LogP contribution in [-0.4, -0.2) is 21.5 Å². The van der Waals surface area contributed by atoms with E-state index < -0.39 is 52.4 Å². The van der Waals surface area contributed by atoms with Crippen molar-refractivity contribution in [1.29, 1.82) is 0 Å². The number of nitrogens with zero attached hydrogens (tertiary/aromatic N) is 2. The van der Waals surface area contributed by atoms with Gasteiger partial charge in [0, 0.05) is 26.2 Å². The van der Waals surface area contributed by atoms with E-state index in [9.17, 15) is 27.6 Å². The lowest BCUT2D eigenvalue weighted by molar-refractivity contribution is 0.0916. The van der Waals surface area contributed by atoms with Gasteiger partial charge in [0.1, 0.15) is 11.4 Å². The highest BCUT2D eigenvalue weighted by molar-refractivity contribution is 6.00. The molecule has 0 aliphatic heterocycles. The number of Topliss-reactive ketones (excluding diaryl/α,β-unsaturated/α-hetero) is 1. The first-order valence-corrected chi connectivity index (χ1v) is 6.51. The predicted molar refractivity (Wildman–Crippen MR) is 77.5 cm³/mol.